The number of carbonyl (C=O) groups is 1. The second kappa shape index (κ2) is 9.07. The van der Waals surface area contributed by atoms with Gasteiger partial charge in [0.15, 0.2) is 0 Å². The molecule has 6 nitrogen and oxygen atoms in total. The van der Waals surface area contributed by atoms with Gasteiger partial charge >= 0.3 is 5.76 Å². The van der Waals surface area contributed by atoms with Crippen molar-refractivity contribution in [2.24, 2.45) is 0 Å². The lowest BCUT2D eigenvalue weighted by Crippen LogP contribution is -2.13. The Labute approximate surface area is 180 Å². The highest BCUT2D eigenvalue weighted by Gasteiger charge is 2.26. The van der Waals surface area contributed by atoms with Gasteiger partial charge in [-0.15, -0.1) is 11.3 Å². The van der Waals surface area contributed by atoms with Gasteiger partial charge in [0, 0.05) is 10.7 Å². The van der Waals surface area contributed by atoms with Crippen LogP contribution >= 0.6 is 22.9 Å². The quantitative estimate of drug-likeness (QED) is 0.527. The first kappa shape index (κ1) is 22.1. The molecule has 0 bridgehead atoms. The molecule has 2 aromatic carbocycles. The van der Waals surface area contributed by atoms with Crippen LogP contribution in [-0.4, -0.2) is 25.1 Å². The number of thiazole rings is 1. The van der Waals surface area contributed by atoms with Crippen LogP contribution < -0.4 is 10.1 Å². The van der Waals surface area contributed by atoms with Crippen molar-refractivity contribution in [3.63, 3.8) is 0 Å². The Hall–Kier alpha value is -2.56. The highest BCUT2D eigenvalue weighted by molar-refractivity contribution is 7.91. The highest BCUT2D eigenvalue weighted by atomic mass is 35.5. The molecule has 0 aliphatic rings. The van der Waals surface area contributed by atoms with Crippen LogP contribution in [0, 0.1) is 6.92 Å². The lowest BCUT2D eigenvalue weighted by atomic mass is 10.3. The number of hydrogen-bond acceptors (Lipinski definition) is 6. The average molecular weight is 473 g/mol. The maximum absolute atomic E-state index is 12.6. The van der Waals surface area contributed by atoms with Crippen LogP contribution in [0.4, 0.5) is 14.5 Å². The monoisotopic (exact) mass is 472 g/mol. The second-order valence-electron chi connectivity index (χ2n) is 6.05. The average Bonchev–Trinajstić information content (AvgIpc) is 3.08. The molecule has 30 heavy (non-hydrogen) atoms. The molecular weight excluding hydrogens is 458 g/mol. The van der Waals surface area contributed by atoms with E-state index in [9.17, 15) is 22.0 Å². The van der Waals surface area contributed by atoms with Gasteiger partial charge in [-0.2, -0.15) is 8.78 Å². The fourth-order valence-electron chi connectivity index (χ4n) is 2.42. The van der Waals surface area contributed by atoms with Crippen molar-refractivity contribution in [1.29, 1.82) is 0 Å². The Morgan fingerprint density at radius 3 is 2.40 bits per heavy atom. The molecule has 0 saturated carbocycles. The smallest absolute Gasteiger partial charge is 0.341 e. The number of hydrogen-bond donors (Lipinski definition) is 1. The van der Waals surface area contributed by atoms with E-state index in [4.69, 9.17) is 16.3 Å². The summed E-state index contributed by atoms with van der Waals surface area (Å²) >= 11 is 6.98. The zero-order valence-electron chi connectivity index (χ0n) is 15.4. The first-order valence-corrected chi connectivity index (χ1v) is 11.2. The number of nitrogens with zero attached hydrogens (tertiary/aromatic N) is 1. The summed E-state index contributed by atoms with van der Waals surface area (Å²) in [7, 11) is -4.68. The number of amides is 1. The molecule has 158 valence electrons. The van der Waals surface area contributed by atoms with Gasteiger partial charge in [-0.3, -0.25) is 4.79 Å². The lowest BCUT2D eigenvalue weighted by molar-refractivity contribution is 0.103. The van der Waals surface area contributed by atoms with Crippen molar-refractivity contribution in [3.8, 4) is 5.75 Å². The number of aryl methyl sites for hydroxylation is 1. The predicted octanol–water partition coefficient (Wildman–Crippen LogP) is 4.93. The van der Waals surface area contributed by atoms with Gasteiger partial charge in [-0.1, -0.05) is 11.6 Å². The number of halogens is 3. The van der Waals surface area contributed by atoms with Crippen molar-refractivity contribution in [1.82, 2.24) is 4.98 Å². The third kappa shape index (κ3) is 5.13. The fourth-order valence-corrected chi connectivity index (χ4v) is 4.14. The molecule has 1 amide bonds. The maximum atomic E-state index is 12.6. The molecule has 1 N–H and O–H groups in total. The van der Waals surface area contributed by atoms with E-state index >= 15 is 0 Å². The van der Waals surface area contributed by atoms with Crippen LogP contribution in [-0.2, 0) is 16.4 Å². The summed E-state index contributed by atoms with van der Waals surface area (Å²) in [4.78, 5) is 16.7. The molecule has 0 unspecified atom stereocenters. The normalized spacial score (nSPS) is 11.5. The maximum Gasteiger partial charge on any atom is 0.341 e. The molecule has 0 atom stereocenters. The number of benzene rings is 2. The Bertz CT molecular complexity index is 1150. The van der Waals surface area contributed by atoms with Gasteiger partial charge < -0.3 is 10.1 Å². The molecule has 1 aromatic heterocycles. The molecule has 0 fully saturated rings. The van der Waals surface area contributed by atoms with E-state index in [1.807, 2.05) is 0 Å². The molecule has 0 aliphatic carbocycles. The summed E-state index contributed by atoms with van der Waals surface area (Å²) in [5.74, 6) is -3.35. The minimum absolute atomic E-state index is 0.167. The van der Waals surface area contributed by atoms with Crippen molar-refractivity contribution in [2.45, 2.75) is 24.2 Å². The minimum Gasteiger partial charge on any atom is -0.486 e. The SMILES string of the molecule is Cc1nc(COc2ccc(Cl)cc2)sc1C(=O)Nc1ccc(S(=O)(=O)C(F)F)cc1. The molecule has 0 aliphatic heterocycles. The lowest BCUT2D eigenvalue weighted by Gasteiger charge is -2.06. The third-order valence-corrected chi connectivity index (χ3v) is 6.68. The van der Waals surface area contributed by atoms with E-state index in [1.165, 1.54) is 12.1 Å². The van der Waals surface area contributed by atoms with Crippen molar-refractivity contribution < 1.29 is 26.7 Å². The van der Waals surface area contributed by atoms with Crippen LogP contribution in [0.1, 0.15) is 20.4 Å². The Morgan fingerprint density at radius 1 is 1.17 bits per heavy atom. The standard InChI is InChI=1S/C19H15ClF2N2O4S2/c1-11-17(29-16(23-11)10-28-14-6-2-12(20)3-7-14)18(25)24-13-4-8-15(9-5-13)30(26,27)19(21)22/h2-9,19H,10H2,1H3,(H,24,25). The van der Waals surface area contributed by atoms with Gasteiger partial charge in [0.05, 0.1) is 10.6 Å². The third-order valence-electron chi connectivity index (χ3n) is 3.90. The van der Waals surface area contributed by atoms with Gasteiger partial charge in [0.25, 0.3) is 5.91 Å². The molecule has 3 aromatic rings. The Balaban J connectivity index is 1.66. The predicted molar refractivity (Wildman–Crippen MR) is 110 cm³/mol. The molecular formula is C19H15ClF2N2O4S2. The topological polar surface area (TPSA) is 85.4 Å². The molecule has 1 heterocycles. The Kier molecular flexibility index (Phi) is 6.69. The summed E-state index contributed by atoms with van der Waals surface area (Å²) in [6.45, 7) is 1.84. The number of anilines is 1. The van der Waals surface area contributed by atoms with Crippen molar-refractivity contribution >= 4 is 44.4 Å². The van der Waals surface area contributed by atoms with Crippen molar-refractivity contribution in [3.05, 3.63) is 69.1 Å². The van der Waals surface area contributed by atoms with Gasteiger partial charge in [-0.05, 0) is 55.5 Å². The fraction of sp³-hybridized carbons (Fsp3) is 0.158. The van der Waals surface area contributed by atoms with Crippen molar-refractivity contribution in [2.75, 3.05) is 5.32 Å². The van der Waals surface area contributed by atoms with E-state index in [-0.39, 0.29) is 12.3 Å². The number of rotatable bonds is 7. The largest absolute Gasteiger partial charge is 0.486 e. The van der Waals surface area contributed by atoms with Crippen LogP contribution in [0.25, 0.3) is 0 Å². The number of carbonyl (C=O) groups excluding carboxylic acids is 1. The number of nitrogens with one attached hydrogen (secondary N) is 1. The number of ether oxygens (including phenoxy) is 1. The van der Waals surface area contributed by atoms with Crippen LogP contribution in [0.5, 0.6) is 5.75 Å². The minimum atomic E-state index is -4.68. The number of alkyl halides is 2. The number of sulfone groups is 1. The van der Waals surface area contributed by atoms with Crippen LogP contribution in [0.3, 0.4) is 0 Å². The molecule has 3 rings (SSSR count). The first-order chi connectivity index (χ1) is 14.2. The molecule has 0 spiro atoms. The molecule has 0 saturated heterocycles. The van der Waals surface area contributed by atoms with Crippen LogP contribution in [0.2, 0.25) is 5.02 Å². The van der Waals surface area contributed by atoms with E-state index in [0.29, 0.717) is 26.4 Å². The highest BCUT2D eigenvalue weighted by Crippen LogP contribution is 2.24. The molecule has 0 radical (unpaired) electrons. The van der Waals surface area contributed by atoms with Gasteiger partial charge in [0.1, 0.15) is 22.2 Å². The van der Waals surface area contributed by atoms with Gasteiger partial charge in [-0.25, -0.2) is 13.4 Å². The summed E-state index contributed by atoms with van der Waals surface area (Å²) < 4.78 is 53.7. The zero-order valence-corrected chi connectivity index (χ0v) is 17.8. The summed E-state index contributed by atoms with van der Waals surface area (Å²) in [5.41, 5.74) is 0.768. The first-order valence-electron chi connectivity index (χ1n) is 8.45. The second-order valence-corrected chi connectivity index (χ2v) is 9.49. The Morgan fingerprint density at radius 2 is 1.80 bits per heavy atom. The number of aromatic nitrogens is 1. The molecule has 11 heteroatoms. The summed E-state index contributed by atoms with van der Waals surface area (Å²) in [6.07, 6.45) is 0. The van der Waals surface area contributed by atoms with E-state index in [0.717, 1.165) is 23.5 Å². The van der Waals surface area contributed by atoms with Crippen LogP contribution in [0.15, 0.2) is 53.4 Å². The van der Waals surface area contributed by atoms with E-state index in [1.54, 1.807) is 31.2 Å². The summed E-state index contributed by atoms with van der Waals surface area (Å²) in [5, 5.41) is 3.77. The zero-order chi connectivity index (χ0) is 21.9. The van der Waals surface area contributed by atoms with E-state index in [2.05, 4.69) is 10.3 Å². The summed E-state index contributed by atoms with van der Waals surface area (Å²) in [6, 6.07) is 11.3. The van der Waals surface area contributed by atoms with E-state index < -0.39 is 26.4 Å². The van der Waals surface area contributed by atoms with Gasteiger partial charge in [0.2, 0.25) is 9.84 Å².